The van der Waals surface area contributed by atoms with Crippen LogP contribution in [0.5, 0.6) is 0 Å². The summed E-state index contributed by atoms with van der Waals surface area (Å²) < 4.78 is 5.17. The number of hydrogen-bond acceptors (Lipinski definition) is 2. The molecule has 1 unspecified atom stereocenters. The van der Waals surface area contributed by atoms with E-state index in [2.05, 4.69) is 15.9 Å². The van der Waals surface area contributed by atoms with Crippen molar-refractivity contribution in [2.45, 2.75) is 17.8 Å². The van der Waals surface area contributed by atoms with E-state index in [0.29, 0.717) is 5.92 Å². The van der Waals surface area contributed by atoms with E-state index in [4.69, 9.17) is 10.5 Å². The van der Waals surface area contributed by atoms with Crippen molar-refractivity contribution in [1.82, 2.24) is 0 Å². The van der Waals surface area contributed by atoms with Gasteiger partial charge < -0.3 is 10.5 Å². The van der Waals surface area contributed by atoms with Crippen molar-refractivity contribution >= 4 is 15.9 Å². The summed E-state index contributed by atoms with van der Waals surface area (Å²) >= 11 is 3.36. The molecule has 1 fully saturated rings. The number of hydrogen-bond donors (Lipinski definition) is 1. The van der Waals surface area contributed by atoms with Gasteiger partial charge in [0.1, 0.15) is 0 Å². The van der Waals surface area contributed by atoms with Crippen LogP contribution in [0.2, 0.25) is 0 Å². The number of alkyl halides is 1. The highest BCUT2D eigenvalue weighted by molar-refractivity contribution is 9.09. The smallest absolute Gasteiger partial charge is 0.0635 e. The molecule has 1 heterocycles. The fourth-order valence-electron chi connectivity index (χ4n) is 1.03. The Labute approximate surface area is 63.9 Å². The number of ether oxygens (including phenoxy) is 1. The Balaban J connectivity index is 2.23. The lowest BCUT2D eigenvalue weighted by molar-refractivity contribution is 0.0666. The first kappa shape index (κ1) is 7.51. The van der Waals surface area contributed by atoms with E-state index >= 15 is 0 Å². The fraction of sp³-hybridized carbons (Fsp3) is 1.00. The highest BCUT2D eigenvalue weighted by Crippen LogP contribution is 2.20. The van der Waals surface area contributed by atoms with E-state index in [1.54, 1.807) is 0 Å². The van der Waals surface area contributed by atoms with Crippen molar-refractivity contribution in [2.75, 3.05) is 13.2 Å². The molecular weight excluding hydrogens is 182 g/mol. The molecule has 3 heteroatoms. The first-order chi connectivity index (χ1) is 4.30. The van der Waals surface area contributed by atoms with Gasteiger partial charge in [0, 0.05) is 13.2 Å². The first-order valence-electron chi connectivity index (χ1n) is 3.28. The standard InChI is InChI=1S/C6H12BrNO/c7-6(8)5-1-3-9-4-2-5/h5-6H,1-4,8H2. The normalized spacial score (nSPS) is 26.0. The summed E-state index contributed by atoms with van der Waals surface area (Å²) in [6, 6.07) is 0. The molecule has 1 aliphatic rings. The van der Waals surface area contributed by atoms with Gasteiger partial charge in [-0.3, -0.25) is 0 Å². The van der Waals surface area contributed by atoms with Crippen LogP contribution in [-0.4, -0.2) is 18.2 Å². The molecule has 0 aliphatic carbocycles. The average Bonchev–Trinajstić information content (AvgIpc) is 1.90. The predicted octanol–water partition coefficient (Wildman–Crippen LogP) is 1.09. The van der Waals surface area contributed by atoms with Gasteiger partial charge in [-0.05, 0) is 18.8 Å². The van der Waals surface area contributed by atoms with E-state index in [1.165, 1.54) is 0 Å². The largest absolute Gasteiger partial charge is 0.381 e. The van der Waals surface area contributed by atoms with Crippen LogP contribution in [0, 0.1) is 5.92 Å². The number of rotatable bonds is 1. The van der Waals surface area contributed by atoms with Gasteiger partial charge in [-0.15, -0.1) is 0 Å². The zero-order chi connectivity index (χ0) is 6.69. The summed E-state index contributed by atoms with van der Waals surface area (Å²) in [5.41, 5.74) is 5.63. The van der Waals surface area contributed by atoms with Crippen LogP contribution in [0.15, 0.2) is 0 Å². The van der Waals surface area contributed by atoms with Gasteiger partial charge in [-0.2, -0.15) is 0 Å². The van der Waals surface area contributed by atoms with Crippen LogP contribution in [0.25, 0.3) is 0 Å². The fourth-order valence-corrected chi connectivity index (χ4v) is 1.56. The maximum atomic E-state index is 5.63. The summed E-state index contributed by atoms with van der Waals surface area (Å²) in [6.07, 6.45) is 2.21. The third kappa shape index (κ3) is 2.24. The van der Waals surface area contributed by atoms with Gasteiger partial charge in [0.05, 0.1) is 4.95 Å². The minimum Gasteiger partial charge on any atom is -0.381 e. The predicted molar refractivity (Wildman–Crippen MR) is 40.4 cm³/mol. The molecule has 0 amide bonds. The summed E-state index contributed by atoms with van der Waals surface area (Å²) in [6.45, 7) is 1.76. The van der Waals surface area contributed by atoms with E-state index in [1.807, 2.05) is 0 Å². The molecule has 1 saturated heterocycles. The maximum absolute atomic E-state index is 5.63. The monoisotopic (exact) mass is 193 g/mol. The van der Waals surface area contributed by atoms with Crippen molar-refractivity contribution in [1.29, 1.82) is 0 Å². The molecule has 54 valence electrons. The summed E-state index contributed by atoms with van der Waals surface area (Å²) in [7, 11) is 0. The minimum atomic E-state index is 0.168. The van der Waals surface area contributed by atoms with Crippen molar-refractivity contribution in [2.24, 2.45) is 11.7 Å². The van der Waals surface area contributed by atoms with E-state index in [0.717, 1.165) is 26.1 Å². The van der Waals surface area contributed by atoms with Crippen molar-refractivity contribution in [3.05, 3.63) is 0 Å². The Bertz CT molecular complexity index is 81.1. The second-order valence-corrected chi connectivity index (χ2v) is 3.45. The van der Waals surface area contributed by atoms with Gasteiger partial charge >= 0.3 is 0 Å². The lowest BCUT2D eigenvalue weighted by Crippen LogP contribution is -2.29. The number of nitrogens with two attached hydrogens (primary N) is 1. The first-order valence-corrected chi connectivity index (χ1v) is 4.19. The van der Waals surface area contributed by atoms with Crippen LogP contribution in [0.4, 0.5) is 0 Å². The third-order valence-electron chi connectivity index (χ3n) is 1.72. The Kier molecular flexibility index (Phi) is 2.95. The third-order valence-corrected chi connectivity index (χ3v) is 2.46. The van der Waals surface area contributed by atoms with Crippen molar-refractivity contribution in [3.63, 3.8) is 0 Å². The zero-order valence-corrected chi connectivity index (χ0v) is 6.93. The van der Waals surface area contributed by atoms with Crippen LogP contribution >= 0.6 is 15.9 Å². The topological polar surface area (TPSA) is 35.2 Å². The van der Waals surface area contributed by atoms with Gasteiger partial charge in [0.2, 0.25) is 0 Å². The van der Waals surface area contributed by atoms with E-state index in [9.17, 15) is 0 Å². The lowest BCUT2D eigenvalue weighted by Gasteiger charge is -2.23. The highest BCUT2D eigenvalue weighted by Gasteiger charge is 2.17. The van der Waals surface area contributed by atoms with Gasteiger partial charge in [-0.25, -0.2) is 0 Å². The Morgan fingerprint density at radius 3 is 2.33 bits per heavy atom. The second kappa shape index (κ2) is 3.54. The van der Waals surface area contributed by atoms with Crippen LogP contribution in [-0.2, 0) is 4.74 Å². The Hall–Kier alpha value is 0.400. The van der Waals surface area contributed by atoms with Crippen LogP contribution < -0.4 is 5.73 Å². The molecule has 0 saturated carbocycles. The van der Waals surface area contributed by atoms with Gasteiger partial charge in [0.25, 0.3) is 0 Å². The quantitative estimate of drug-likeness (QED) is 0.501. The molecule has 0 aromatic rings. The summed E-state index contributed by atoms with van der Waals surface area (Å²) in [5.74, 6) is 0.624. The van der Waals surface area contributed by atoms with Gasteiger partial charge in [0.15, 0.2) is 0 Å². The molecule has 2 nitrogen and oxygen atoms in total. The maximum Gasteiger partial charge on any atom is 0.0635 e. The molecule has 0 aromatic heterocycles. The van der Waals surface area contributed by atoms with E-state index in [-0.39, 0.29) is 4.95 Å². The van der Waals surface area contributed by atoms with Crippen molar-refractivity contribution in [3.8, 4) is 0 Å². The Morgan fingerprint density at radius 1 is 1.44 bits per heavy atom. The highest BCUT2D eigenvalue weighted by atomic mass is 79.9. The number of halogens is 1. The summed E-state index contributed by atoms with van der Waals surface area (Å²) in [4.78, 5) is 0.168. The second-order valence-electron chi connectivity index (χ2n) is 2.39. The van der Waals surface area contributed by atoms with Gasteiger partial charge in [-0.1, -0.05) is 15.9 Å². The molecule has 1 rings (SSSR count). The molecule has 2 N–H and O–H groups in total. The summed E-state index contributed by atoms with van der Waals surface area (Å²) in [5, 5.41) is 0. The lowest BCUT2D eigenvalue weighted by atomic mass is 10.0. The van der Waals surface area contributed by atoms with Crippen molar-refractivity contribution < 1.29 is 4.74 Å². The molecule has 0 aromatic carbocycles. The van der Waals surface area contributed by atoms with Crippen LogP contribution in [0.3, 0.4) is 0 Å². The molecule has 1 aliphatic heterocycles. The molecule has 0 spiro atoms. The molecule has 9 heavy (non-hydrogen) atoms. The molecular formula is C6H12BrNO. The average molecular weight is 194 g/mol. The van der Waals surface area contributed by atoms with E-state index < -0.39 is 0 Å². The van der Waals surface area contributed by atoms with Crippen LogP contribution in [0.1, 0.15) is 12.8 Å². The zero-order valence-electron chi connectivity index (χ0n) is 5.35. The molecule has 1 atom stereocenters. The SMILES string of the molecule is NC(Br)C1CCOCC1. The minimum absolute atomic E-state index is 0.168. The molecule has 0 radical (unpaired) electrons. The Morgan fingerprint density at radius 2 is 2.00 bits per heavy atom. The molecule has 0 bridgehead atoms.